The molecule has 8 heteroatoms. The van der Waals surface area contributed by atoms with Gasteiger partial charge in [-0.3, -0.25) is 4.99 Å². The van der Waals surface area contributed by atoms with Crippen molar-refractivity contribution in [2.75, 3.05) is 26.2 Å². The molecule has 1 unspecified atom stereocenters. The fourth-order valence-electron chi connectivity index (χ4n) is 2.42. The van der Waals surface area contributed by atoms with E-state index in [-0.39, 0.29) is 37.1 Å². The van der Waals surface area contributed by atoms with Gasteiger partial charge in [-0.1, -0.05) is 12.1 Å². The first kappa shape index (κ1) is 24.6. The summed E-state index contributed by atoms with van der Waals surface area (Å²) in [6.45, 7) is 10.1. The van der Waals surface area contributed by atoms with Crippen LogP contribution >= 0.6 is 35.3 Å². The van der Waals surface area contributed by atoms with Crippen molar-refractivity contribution in [3.8, 4) is 5.75 Å². The van der Waals surface area contributed by atoms with Gasteiger partial charge in [0.05, 0.1) is 17.2 Å². The molecule has 156 valence electrons. The van der Waals surface area contributed by atoms with Gasteiger partial charge in [0.1, 0.15) is 18.5 Å². The zero-order valence-corrected chi connectivity index (χ0v) is 20.1. The Hall–Kier alpha value is -1.39. The number of ether oxygens (including phenoxy) is 1. The number of benzene rings is 1. The summed E-state index contributed by atoms with van der Waals surface area (Å²) < 4.78 is 5.63. The number of nitrogens with one attached hydrogen (secondary N) is 2. The molecule has 0 amide bonds. The van der Waals surface area contributed by atoms with E-state index in [9.17, 15) is 5.11 Å². The molecule has 0 aliphatic rings. The number of nitrogens with zero attached hydrogens (tertiary/aromatic N) is 2. The third-order valence-electron chi connectivity index (χ3n) is 3.94. The number of hydrogen-bond donors (Lipinski definition) is 3. The van der Waals surface area contributed by atoms with E-state index in [1.54, 1.807) is 11.3 Å². The van der Waals surface area contributed by atoms with Crippen LogP contribution in [0.25, 0.3) is 0 Å². The van der Waals surface area contributed by atoms with Crippen molar-refractivity contribution in [3.63, 3.8) is 0 Å². The lowest BCUT2D eigenvalue weighted by Gasteiger charge is -2.13. The molecule has 2 aromatic rings. The number of aliphatic hydroxyl groups excluding tert-OH is 1. The van der Waals surface area contributed by atoms with Gasteiger partial charge in [-0.2, -0.15) is 0 Å². The Labute approximate surface area is 188 Å². The number of thiazole rings is 1. The largest absolute Gasteiger partial charge is 0.491 e. The first-order valence-corrected chi connectivity index (χ1v) is 10.1. The third kappa shape index (κ3) is 8.74. The van der Waals surface area contributed by atoms with E-state index in [2.05, 4.69) is 27.5 Å². The van der Waals surface area contributed by atoms with Crippen LogP contribution in [0.15, 0.2) is 29.3 Å². The van der Waals surface area contributed by atoms with Crippen molar-refractivity contribution < 1.29 is 9.84 Å². The molecule has 0 fully saturated rings. The van der Waals surface area contributed by atoms with Crippen LogP contribution in [0.4, 0.5) is 0 Å². The number of guanidine groups is 1. The molecule has 2 rings (SSSR count). The van der Waals surface area contributed by atoms with Crippen LogP contribution in [-0.4, -0.2) is 48.4 Å². The Balaban J connectivity index is 0.00000392. The second kappa shape index (κ2) is 12.9. The summed E-state index contributed by atoms with van der Waals surface area (Å²) in [5, 5.41) is 17.7. The van der Waals surface area contributed by atoms with E-state index >= 15 is 0 Å². The van der Waals surface area contributed by atoms with Crippen LogP contribution in [0, 0.1) is 20.8 Å². The molecule has 3 N–H and O–H groups in total. The number of aryl methyl sites for hydroxylation is 3. The molecule has 6 nitrogen and oxygen atoms in total. The molecule has 1 aromatic heterocycles. The molecule has 0 saturated heterocycles. The summed E-state index contributed by atoms with van der Waals surface area (Å²) in [5.74, 6) is 1.45. The first-order chi connectivity index (χ1) is 13.0. The lowest BCUT2D eigenvalue weighted by molar-refractivity contribution is 0.114. The Bertz CT molecular complexity index is 732. The van der Waals surface area contributed by atoms with E-state index in [0.29, 0.717) is 5.96 Å². The van der Waals surface area contributed by atoms with Gasteiger partial charge in [0.2, 0.25) is 0 Å². The van der Waals surface area contributed by atoms with Gasteiger partial charge in [0.25, 0.3) is 0 Å². The highest BCUT2D eigenvalue weighted by Crippen LogP contribution is 2.16. The monoisotopic (exact) mass is 518 g/mol. The molecule has 0 aliphatic heterocycles. The number of halogens is 1. The summed E-state index contributed by atoms with van der Waals surface area (Å²) in [5.41, 5.74) is 2.23. The van der Waals surface area contributed by atoms with Crippen molar-refractivity contribution in [1.29, 1.82) is 0 Å². The number of rotatable bonds is 9. The summed E-state index contributed by atoms with van der Waals surface area (Å²) in [7, 11) is 0. The van der Waals surface area contributed by atoms with E-state index in [0.717, 1.165) is 41.5 Å². The van der Waals surface area contributed by atoms with Gasteiger partial charge in [0.15, 0.2) is 5.96 Å². The molecule has 1 atom stereocenters. The van der Waals surface area contributed by atoms with Gasteiger partial charge >= 0.3 is 0 Å². The maximum Gasteiger partial charge on any atom is 0.191 e. The zero-order valence-electron chi connectivity index (χ0n) is 17.0. The molecule has 0 aliphatic carbocycles. The first-order valence-electron chi connectivity index (χ1n) is 9.30. The number of hydrogen-bond acceptors (Lipinski definition) is 5. The Morgan fingerprint density at radius 1 is 1.29 bits per heavy atom. The maximum atomic E-state index is 10.1. The van der Waals surface area contributed by atoms with Crippen LogP contribution in [-0.2, 0) is 6.42 Å². The highest BCUT2D eigenvalue weighted by Gasteiger charge is 2.07. The van der Waals surface area contributed by atoms with Crippen LogP contribution in [0.2, 0.25) is 0 Å². The highest BCUT2D eigenvalue weighted by molar-refractivity contribution is 14.0. The second-order valence-corrected chi connectivity index (χ2v) is 7.71. The smallest absolute Gasteiger partial charge is 0.191 e. The van der Waals surface area contributed by atoms with Gasteiger partial charge in [0, 0.05) is 24.4 Å². The summed E-state index contributed by atoms with van der Waals surface area (Å²) in [6, 6.07) is 7.78. The molecule has 1 aromatic carbocycles. The van der Waals surface area contributed by atoms with Crippen LogP contribution < -0.4 is 15.4 Å². The highest BCUT2D eigenvalue weighted by atomic mass is 127. The van der Waals surface area contributed by atoms with E-state index < -0.39 is 6.10 Å². The number of aliphatic imine (C=N–C) groups is 1. The quantitative estimate of drug-likeness (QED) is 0.270. The molecule has 1 heterocycles. The Morgan fingerprint density at radius 2 is 2.07 bits per heavy atom. The van der Waals surface area contributed by atoms with Crippen LogP contribution in [0.5, 0.6) is 5.75 Å². The van der Waals surface area contributed by atoms with Crippen LogP contribution in [0.1, 0.15) is 28.1 Å². The average molecular weight is 518 g/mol. The van der Waals surface area contributed by atoms with Gasteiger partial charge in [-0.15, -0.1) is 35.3 Å². The topological polar surface area (TPSA) is 78.8 Å². The normalized spacial score (nSPS) is 12.2. The molecular weight excluding hydrogens is 487 g/mol. The third-order valence-corrected chi connectivity index (χ3v) is 5.07. The maximum absolute atomic E-state index is 10.1. The molecule has 28 heavy (non-hydrogen) atoms. The lowest BCUT2D eigenvalue weighted by atomic mass is 10.2. The number of aliphatic hydroxyl groups is 1. The average Bonchev–Trinajstić information content (AvgIpc) is 2.95. The lowest BCUT2D eigenvalue weighted by Crippen LogP contribution is -2.39. The Kier molecular flexibility index (Phi) is 11.4. The molecule has 0 bridgehead atoms. The fraction of sp³-hybridized carbons (Fsp3) is 0.500. The standard InChI is InChI=1S/C20H30N4O2S.HI/c1-5-21-20(22-10-9-19-24-15(3)16(4)27-19)23-12-17(25)13-26-18-8-6-7-14(2)11-18;/h6-8,11,17,25H,5,9-10,12-13H2,1-4H3,(H2,21,22,23);1H. The van der Waals surface area contributed by atoms with E-state index in [4.69, 9.17) is 4.74 Å². The van der Waals surface area contributed by atoms with Crippen molar-refractivity contribution in [2.24, 2.45) is 4.99 Å². The minimum atomic E-state index is -0.662. The van der Waals surface area contributed by atoms with Crippen molar-refractivity contribution in [1.82, 2.24) is 15.6 Å². The van der Waals surface area contributed by atoms with E-state index in [1.807, 2.05) is 45.0 Å². The predicted molar refractivity (Wildman–Crippen MR) is 127 cm³/mol. The summed E-state index contributed by atoms with van der Waals surface area (Å²) in [6.07, 6.45) is 0.188. The van der Waals surface area contributed by atoms with Crippen molar-refractivity contribution in [3.05, 3.63) is 45.4 Å². The van der Waals surface area contributed by atoms with Crippen LogP contribution in [0.3, 0.4) is 0 Å². The Morgan fingerprint density at radius 3 is 2.71 bits per heavy atom. The predicted octanol–water partition coefficient (Wildman–Crippen LogP) is 3.22. The van der Waals surface area contributed by atoms with Crippen molar-refractivity contribution in [2.45, 2.75) is 40.2 Å². The molecule has 0 saturated carbocycles. The molecule has 0 spiro atoms. The fourth-order valence-corrected chi connectivity index (χ4v) is 3.36. The van der Waals surface area contributed by atoms with Gasteiger partial charge in [-0.25, -0.2) is 4.98 Å². The van der Waals surface area contributed by atoms with Gasteiger partial charge < -0.3 is 20.5 Å². The molecule has 0 radical (unpaired) electrons. The SMILES string of the molecule is CCNC(=NCC(O)COc1cccc(C)c1)NCCc1nc(C)c(C)s1.I. The second-order valence-electron chi connectivity index (χ2n) is 6.43. The molecular formula is C20H31IN4O2S. The van der Waals surface area contributed by atoms with E-state index in [1.165, 1.54) is 4.88 Å². The minimum Gasteiger partial charge on any atom is -0.491 e. The number of aromatic nitrogens is 1. The van der Waals surface area contributed by atoms with Gasteiger partial charge in [-0.05, 0) is 45.4 Å². The van der Waals surface area contributed by atoms with Crippen molar-refractivity contribution >= 4 is 41.3 Å². The zero-order chi connectivity index (χ0) is 19.6. The summed E-state index contributed by atoms with van der Waals surface area (Å²) >= 11 is 1.74. The summed E-state index contributed by atoms with van der Waals surface area (Å²) in [4.78, 5) is 10.3. The minimum absolute atomic E-state index is 0.